The Morgan fingerprint density at radius 1 is 0.688 bits per heavy atom. The molecule has 3 rings (SSSR count). The molecular formula is C16H16. The summed E-state index contributed by atoms with van der Waals surface area (Å²) >= 11 is 0. The van der Waals surface area contributed by atoms with Gasteiger partial charge in [0.2, 0.25) is 0 Å². The Hall–Kier alpha value is -1.56. The van der Waals surface area contributed by atoms with Crippen molar-refractivity contribution in [2.45, 2.75) is 26.2 Å². The predicted molar refractivity (Wildman–Crippen MR) is 66.9 cm³/mol. The van der Waals surface area contributed by atoms with Crippen molar-refractivity contribution in [2.24, 2.45) is 0 Å². The van der Waals surface area contributed by atoms with Crippen molar-refractivity contribution in [1.82, 2.24) is 0 Å². The fraction of sp³-hybridized carbons (Fsp3) is 0.250. The van der Waals surface area contributed by atoms with Crippen LogP contribution in [0.15, 0.2) is 42.5 Å². The smallest absolute Gasteiger partial charge is 0.00615 e. The molecule has 2 aromatic rings. The summed E-state index contributed by atoms with van der Waals surface area (Å²) in [6.07, 6.45) is 0. The maximum atomic E-state index is 2.28. The maximum absolute atomic E-state index is 2.28. The molecule has 0 nitrogen and oxygen atoms in total. The van der Waals surface area contributed by atoms with Gasteiger partial charge in [-0.15, -0.1) is 0 Å². The molecule has 0 amide bonds. The average molecular weight is 208 g/mol. The third-order valence-electron chi connectivity index (χ3n) is 3.36. The highest BCUT2D eigenvalue weighted by atomic mass is 14.2. The van der Waals surface area contributed by atoms with Crippen LogP contribution in [-0.4, -0.2) is 0 Å². The summed E-state index contributed by atoms with van der Waals surface area (Å²) < 4.78 is 0. The summed E-state index contributed by atoms with van der Waals surface area (Å²) in [5, 5.41) is 5.71. The lowest BCUT2D eigenvalue weighted by molar-refractivity contribution is 0.585. The molecule has 0 radical (unpaired) electrons. The van der Waals surface area contributed by atoms with E-state index in [1.54, 1.807) is 0 Å². The van der Waals surface area contributed by atoms with Gasteiger partial charge in [-0.3, -0.25) is 0 Å². The van der Waals surface area contributed by atoms with Crippen LogP contribution in [0.3, 0.4) is 0 Å². The molecule has 0 fully saturated rings. The lowest BCUT2D eigenvalue weighted by atomic mass is 9.82. The predicted octanol–water partition coefficient (Wildman–Crippen LogP) is 3.87. The van der Waals surface area contributed by atoms with Crippen molar-refractivity contribution in [3.8, 4) is 0 Å². The van der Waals surface area contributed by atoms with Crippen molar-refractivity contribution < 1.29 is 0 Å². The second-order valence-corrected chi connectivity index (χ2v) is 5.52. The van der Waals surface area contributed by atoms with Gasteiger partial charge in [-0.1, -0.05) is 63.2 Å². The molecule has 2 aromatic carbocycles. The van der Waals surface area contributed by atoms with Gasteiger partial charge in [-0.25, -0.2) is 0 Å². The second kappa shape index (κ2) is 2.98. The molecule has 0 aliphatic heterocycles. The van der Waals surface area contributed by atoms with Gasteiger partial charge >= 0.3 is 0 Å². The molecule has 0 bridgehead atoms. The number of rotatable bonds is 0. The van der Waals surface area contributed by atoms with Crippen LogP contribution in [0.4, 0.5) is 0 Å². The fourth-order valence-corrected chi connectivity index (χ4v) is 2.57. The molecule has 0 atom stereocenters. The fourth-order valence-electron chi connectivity index (χ4n) is 2.57. The summed E-state index contributed by atoms with van der Waals surface area (Å²) in [4.78, 5) is 0. The van der Waals surface area contributed by atoms with Gasteiger partial charge in [0.1, 0.15) is 0 Å². The molecule has 16 heavy (non-hydrogen) atoms. The van der Waals surface area contributed by atoms with Crippen LogP contribution in [-0.2, 0) is 5.41 Å². The highest BCUT2D eigenvalue weighted by molar-refractivity contribution is 5.36. The Labute approximate surface area is 95.6 Å². The number of benzene rings is 2. The zero-order chi connectivity index (χ0) is 11.3. The SMILES string of the molecule is CC(C)(C)c1cccc2c1=c1ccccc1=2. The van der Waals surface area contributed by atoms with Gasteiger partial charge in [-0.05, 0) is 31.9 Å². The monoisotopic (exact) mass is 208 g/mol. The summed E-state index contributed by atoms with van der Waals surface area (Å²) in [7, 11) is 0. The molecular weight excluding hydrogens is 192 g/mol. The molecule has 80 valence electrons. The normalized spacial score (nSPS) is 12.7. The molecule has 0 heterocycles. The molecule has 1 aliphatic carbocycles. The van der Waals surface area contributed by atoms with E-state index in [1.165, 1.54) is 26.4 Å². The molecule has 0 saturated heterocycles. The second-order valence-electron chi connectivity index (χ2n) is 5.52. The van der Waals surface area contributed by atoms with Crippen molar-refractivity contribution in [2.75, 3.05) is 0 Å². The van der Waals surface area contributed by atoms with Crippen molar-refractivity contribution in [1.29, 1.82) is 0 Å². The molecule has 1 aliphatic rings. The molecule has 0 heteroatoms. The first-order valence-corrected chi connectivity index (χ1v) is 5.82. The zero-order valence-corrected chi connectivity index (χ0v) is 10.0. The quantitative estimate of drug-likeness (QED) is 0.526. The lowest BCUT2D eigenvalue weighted by Gasteiger charge is -2.22. The van der Waals surface area contributed by atoms with E-state index < -0.39 is 0 Å². The van der Waals surface area contributed by atoms with Gasteiger partial charge < -0.3 is 0 Å². The Kier molecular flexibility index (Phi) is 1.79. The van der Waals surface area contributed by atoms with Crippen molar-refractivity contribution >= 4 is 0 Å². The minimum Gasteiger partial charge on any atom is -0.0616 e. The third kappa shape index (κ3) is 1.16. The average Bonchev–Trinajstić information content (AvgIpc) is 2.23. The molecule has 0 N–H and O–H groups in total. The van der Waals surface area contributed by atoms with Gasteiger partial charge in [0, 0.05) is 0 Å². The van der Waals surface area contributed by atoms with E-state index in [0.717, 1.165) is 0 Å². The standard InChI is InChI=1S/C16H16/c1-16(2,3)14-10-6-9-13-11-7-4-5-8-12(11)15(13)14/h4-10H,1-3H3. The van der Waals surface area contributed by atoms with Crippen LogP contribution < -0.4 is 0 Å². The Bertz CT molecular complexity index is 731. The first-order chi connectivity index (χ1) is 7.59. The van der Waals surface area contributed by atoms with Gasteiger partial charge in [0.15, 0.2) is 0 Å². The van der Waals surface area contributed by atoms with Crippen LogP contribution in [0.2, 0.25) is 0 Å². The highest BCUT2D eigenvalue weighted by Gasteiger charge is 2.17. The lowest BCUT2D eigenvalue weighted by Crippen LogP contribution is -2.14. The molecule has 0 saturated carbocycles. The van der Waals surface area contributed by atoms with Crippen molar-refractivity contribution in [3.63, 3.8) is 0 Å². The van der Waals surface area contributed by atoms with Crippen LogP contribution in [0.25, 0.3) is 0 Å². The minimum absolute atomic E-state index is 0.221. The minimum atomic E-state index is 0.221. The number of fused-ring (bicyclic) bond motifs is 2. The molecule has 0 spiro atoms. The topological polar surface area (TPSA) is 0 Å². The summed E-state index contributed by atoms with van der Waals surface area (Å²) in [6, 6.07) is 15.3. The van der Waals surface area contributed by atoms with Gasteiger partial charge in [0.05, 0.1) is 0 Å². The van der Waals surface area contributed by atoms with Crippen LogP contribution in [0.5, 0.6) is 0 Å². The Balaban J connectivity index is 2.53. The van der Waals surface area contributed by atoms with E-state index in [4.69, 9.17) is 0 Å². The zero-order valence-electron chi connectivity index (χ0n) is 10.0. The van der Waals surface area contributed by atoms with E-state index in [2.05, 4.69) is 63.2 Å². The van der Waals surface area contributed by atoms with E-state index in [9.17, 15) is 0 Å². The van der Waals surface area contributed by atoms with Crippen LogP contribution in [0, 0.1) is 20.9 Å². The van der Waals surface area contributed by atoms with E-state index in [0.29, 0.717) is 0 Å². The number of hydrogen-bond donors (Lipinski definition) is 0. The highest BCUT2D eigenvalue weighted by Crippen LogP contribution is 2.27. The molecule has 0 aromatic heterocycles. The summed E-state index contributed by atoms with van der Waals surface area (Å²) in [5.41, 5.74) is 1.68. The Morgan fingerprint density at radius 2 is 1.31 bits per heavy atom. The van der Waals surface area contributed by atoms with E-state index in [1.807, 2.05) is 0 Å². The first kappa shape index (κ1) is 9.65. The van der Waals surface area contributed by atoms with Gasteiger partial charge in [-0.2, -0.15) is 0 Å². The third-order valence-corrected chi connectivity index (χ3v) is 3.36. The van der Waals surface area contributed by atoms with E-state index in [-0.39, 0.29) is 5.41 Å². The van der Waals surface area contributed by atoms with E-state index >= 15 is 0 Å². The van der Waals surface area contributed by atoms with Crippen molar-refractivity contribution in [3.05, 3.63) is 68.9 Å². The van der Waals surface area contributed by atoms with Crippen LogP contribution >= 0.6 is 0 Å². The van der Waals surface area contributed by atoms with Crippen LogP contribution in [0.1, 0.15) is 26.3 Å². The number of hydrogen-bond acceptors (Lipinski definition) is 0. The summed E-state index contributed by atoms with van der Waals surface area (Å²) in [6.45, 7) is 6.84. The molecule has 0 unspecified atom stereocenters. The van der Waals surface area contributed by atoms with Gasteiger partial charge in [0.25, 0.3) is 0 Å². The largest absolute Gasteiger partial charge is 0.0616 e. The summed E-state index contributed by atoms with van der Waals surface area (Å²) in [5.74, 6) is 0. The Morgan fingerprint density at radius 3 is 2.00 bits per heavy atom. The maximum Gasteiger partial charge on any atom is -0.00615 e. The first-order valence-electron chi connectivity index (χ1n) is 5.82.